The van der Waals surface area contributed by atoms with E-state index in [2.05, 4.69) is 0 Å². The van der Waals surface area contributed by atoms with Crippen LogP contribution < -0.4 is 20.4 Å². The van der Waals surface area contributed by atoms with Crippen LogP contribution in [0.5, 0.6) is 0 Å². The second-order valence-electron chi connectivity index (χ2n) is 9.81. The summed E-state index contributed by atoms with van der Waals surface area (Å²) in [6.45, 7) is 3.87. The second kappa shape index (κ2) is 21.7. The average molecular weight is 553 g/mol. The Morgan fingerprint density at radius 1 is 0.526 bits per heavy atom. The fraction of sp³-hybridized carbons (Fsp3) is 0.714. The van der Waals surface area contributed by atoms with Crippen molar-refractivity contribution in [1.82, 2.24) is 0 Å². The van der Waals surface area contributed by atoms with E-state index >= 15 is 0 Å². The monoisotopic (exact) mass is 552 g/mol. The topological polar surface area (TPSA) is 161 Å². The van der Waals surface area contributed by atoms with Gasteiger partial charge in [-0.1, -0.05) is 65.2 Å². The number of hydrogen-bond donors (Lipinski definition) is 0. The molecule has 0 aliphatic heterocycles. The van der Waals surface area contributed by atoms with Crippen LogP contribution in [0, 0.1) is 11.8 Å². The Morgan fingerprint density at radius 2 is 0.816 bits per heavy atom. The normalized spacial score (nSPS) is 17.3. The van der Waals surface area contributed by atoms with E-state index in [4.69, 9.17) is 0 Å². The molecule has 0 aromatic carbocycles. The summed E-state index contributed by atoms with van der Waals surface area (Å²) < 4.78 is 0. The fourth-order valence-corrected chi connectivity index (χ4v) is 5.26. The molecule has 2 fully saturated rings. The van der Waals surface area contributed by atoms with Gasteiger partial charge in [-0.2, -0.15) is 0 Å². The van der Waals surface area contributed by atoms with E-state index in [9.17, 15) is 39.6 Å². The number of rotatable bonds is 12. The summed E-state index contributed by atoms with van der Waals surface area (Å²) in [4.78, 5) is 44.8. The van der Waals surface area contributed by atoms with Crippen LogP contribution >= 0.6 is 0 Å². The Kier molecular flexibility index (Phi) is 22.3. The summed E-state index contributed by atoms with van der Waals surface area (Å²) in [5.41, 5.74) is -0.126. The van der Waals surface area contributed by atoms with Gasteiger partial charge in [-0.15, -0.1) is 0 Å². The molecule has 0 bridgehead atoms. The maximum absolute atomic E-state index is 11.2. The minimum atomic E-state index is -1.35. The number of aliphatic carboxylic acids is 4. The first kappa shape index (κ1) is 39.0. The van der Waals surface area contributed by atoms with E-state index in [1.807, 2.05) is 13.8 Å². The van der Waals surface area contributed by atoms with Crippen molar-refractivity contribution in [2.24, 2.45) is 11.8 Å². The maximum atomic E-state index is 11.2. The third-order valence-electron chi connectivity index (χ3n) is 7.17. The Morgan fingerprint density at radius 3 is 1.03 bits per heavy atom. The first-order valence-corrected chi connectivity index (χ1v) is 13.5. The third-order valence-corrected chi connectivity index (χ3v) is 7.17. The molecule has 2 aliphatic rings. The van der Waals surface area contributed by atoms with Crippen LogP contribution in [0.2, 0.25) is 0 Å². The Labute approximate surface area is 259 Å². The molecular formula is C28H40Mg2O8. The van der Waals surface area contributed by atoms with Gasteiger partial charge in [0.1, 0.15) is 0 Å². The van der Waals surface area contributed by atoms with Gasteiger partial charge in [0, 0.05) is 0 Å². The standard InChI is InChI=1S/2C14H22O4.2Mg/c2*1-2-3-9-11(13(15)16)12(14(17)18)10-7-5-4-6-8-10;;/h2*10H,2-9H2,1H3,(H,15,16)(H,17,18);;/q;;2*+2/p-4/b2*12-11-;;. The van der Waals surface area contributed by atoms with Crippen molar-refractivity contribution in [3.05, 3.63) is 22.3 Å². The quantitative estimate of drug-likeness (QED) is 0.247. The van der Waals surface area contributed by atoms with Crippen LogP contribution in [0.4, 0.5) is 0 Å². The molecule has 0 atom stereocenters. The molecule has 10 heteroatoms. The van der Waals surface area contributed by atoms with Crippen molar-refractivity contribution in [3.63, 3.8) is 0 Å². The molecule has 204 valence electrons. The van der Waals surface area contributed by atoms with Crippen molar-refractivity contribution in [2.45, 2.75) is 117 Å². The summed E-state index contributed by atoms with van der Waals surface area (Å²) in [5.74, 6) is -5.72. The summed E-state index contributed by atoms with van der Waals surface area (Å²) in [6, 6.07) is 0. The Hall–Kier alpha value is -1.11. The molecular weight excluding hydrogens is 513 g/mol. The Bertz CT molecular complexity index is 755. The van der Waals surface area contributed by atoms with E-state index in [0.29, 0.717) is 12.8 Å². The van der Waals surface area contributed by atoms with Crippen LogP contribution in [-0.2, 0) is 19.2 Å². The molecule has 2 saturated carbocycles. The average Bonchev–Trinajstić information content (AvgIpc) is 2.84. The smallest absolute Gasteiger partial charge is 0.545 e. The number of carboxylic acid groups (broad SMARTS) is 4. The molecule has 38 heavy (non-hydrogen) atoms. The molecule has 0 N–H and O–H groups in total. The van der Waals surface area contributed by atoms with Crippen LogP contribution in [0.1, 0.15) is 117 Å². The minimum Gasteiger partial charge on any atom is -0.545 e. The van der Waals surface area contributed by atoms with Crippen LogP contribution in [0.15, 0.2) is 22.3 Å². The molecule has 0 saturated heterocycles. The molecule has 8 nitrogen and oxygen atoms in total. The van der Waals surface area contributed by atoms with Crippen molar-refractivity contribution in [2.75, 3.05) is 0 Å². The molecule has 2 rings (SSSR count). The predicted octanol–water partition coefficient (Wildman–Crippen LogP) is 0.345. The van der Waals surface area contributed by atoms with Gasteiger partial charge in [-0.3, -0.25) is 0 Å². The zero-order valence-corrected chi connectivity index (χ0v) is 26.0. The van der Waals surface area contributed by atoms with E-state index in [1.165, 1.54) is 0 Å². The van der Waals surface area contributed by atoms with Crippen molar-refractivity contribution in [3.8, 4) is 0 Å². The predicted molar refractivity (Wildman–Crippen MR) is 138 cm³/mol. The second-order valence-corrected chi connectivity index (χ2v) is 9.81. The number of carbonyl (C=O) groups is 4. The molecule has 0 spiro atoms. The van der Waals surface area contributed by atoms with Gasteiger partial charge in [-0.05, 0) is 85.5 Å². The zero-order chi connectivity index (χ0) is 27.1. The van der Waals surface area contributed by atoms with Gasteiger partial charge in [0.25, 0.3) is 0 Å². The van der Waals surface area contributed by atoms with Gasteiger partial charge in [-0.25, -0.2) is 0 Å². The SMILES string of the molecule is CCCC/C(C(=O)[O-])=C(/C(=O)[O-])C1CCCCC1.CCCC/C(C(=O)[O-])=C(/C(=O)[O-])C1CCCCC1.[Mg+2].[Mg+2]. The molecule has 0 unspecified atom stereocenters. The summed E-state index contributed by atoms with van der Waals surface area (Å²) in [7, 11) is 0. The molecule has 0 radical (unpaired) electrons. The van der Waals surface area contributed by atoms with E-state index in [0.717, 1.165) is 77.0 Å². The van der Waals surface area contributed by atoms with Crippen molar-refractivity contribution in [1.29, 1.82) is 0 Å². The van der Waals surface area contributed by atoms with Crippen LogP contribution in [0.3, 0.4) is 0 Å². The summed E-state index contributed by atoms with van der Waals surface area (Å²) in [6.07, 6.45) is 12.5. The van der Waals surface area contributed by atoms with Gasteiger partial charge < -0.3 is 39.6 Å². The number of unbranched alkanes of at least 4 members (excludes halogenated alkanes) is 2. The molecule has 0 aromatic rings. The van der Waals surface area contributed by atoms with Gasteiger partial charge in [0.15, 0.2) is 0 Å². The van der Waals surface area contributed by atoms with Gasteiger partial charge >= 0.3 is 46.1 Å². The summed E-state index contributed by atoms with van der Waals surface area (Å²) >= 11 is 0. The van der Waals surface area contributed by atoms with Crippen LogP contribution in [0.25, 0.3) is 0 Å². The third kappa shape index (κ3) is 13.3. The first-order chi connectivity index (χ1) is 17.1. The molecule has 0 amide bonds. The first-order valence-electron chi connectivity index (χ1n) is 13.5. The largest absolute Gasteiger partial charge is 2.00 e. The van der Waals surface area contributed by atoms with Crippen molar-refractivity contribution < 1.29 is 39.6 Å². The molecule has 0 heterocycles. The minimum absolute atomic E-state index is 0. The molecule has 2 aliphatic carbocycles. The Balaban J connectivity index is 0. The van der Waals surface area contributed by atoms with E-state index in [-0.39, 0.29) is 93.1 Å². The van der Waals surface area contributed by atoms with Crippen LogP contribution in [-0.4, -0.2) is 70.0 Å². The van der Waals surface area contributed by atoms with Gasteiger partial charge in [0.05, 0.1) is 23.9 Å². The number of hydrogen-bond acceptors (Lipinski definition) is 8. The van der Waals surface area contributed by atoms with Gasteiger partial charge in [0.2, 0.25) is 0 Å². The summed E-state index contributed by atoms with van der Waals surface area (Å²) in [5, 5.41) is 44.8. The zero-order valence-electron chi connectivity index (χ0n) is 23.1. The van der Waals surface area contributed by atoms with Crippen molar-refractivity contribution >= 4 is 70.0 Å². The fourth-order valence-electron chi connectivity index (χ4n) is 5.26. The number of carbonyl (C=O) groups excluding carboxylic acids is 4. The van der Waals surface area contributed by atoms with E-state index in [1.54, 1.807) is 0 Å². The van der Waals surface area contributed by atoms with E-state index < -0.39 is 23.9 Å². The number of carboxylic acids is 4. The molecule has 0 aromatic heterocycles. The maximum Gasteiger partial charge on any atom is 2.00 e.